The average Bonchev–Trinajstić information content (AvgIpc) is 2.77. The molecule has 0 saturated carbocycles. The summed E-state index contributed by atoms with van der Waals surface area (Å²) in [7, 11) is 0. The molecule has 102 valence electrons. The number of carboxylic acid groups (broad SMARTS) is 1. The minimum atomic E-state index is -0.860. The maximum Gasteiger partial charge on any atom is 0.307 e. The topological polar surface area (TPSA) is 78.4 Å². The van der Waals surface area contributed by atoms with Crippen LogP contribution < -0.4 is 10.6 Å². The number of nitrogens with one attached hydrogen (secondary N) is 2. The Morgan fingerprint density at radius 3 is 2.58 bits per heavy atom. The second-order valence-corrected chi connectivity index (χ2v) is 4.95. The molecule has 0 spiro atoms. The van der Waals surface area contributed by atoms with Crippen LogP contribution in [0.2, 0.25) is 0 Å². The van der Waals surface area contributed by atoms with Crippen LogP contribution >= 0.6 is 0 Å². The fraction of sp³-hybridized carbons (Fsp3) is 0.429. The molecular weight excluding hydrogens is 244 g/mol. The highest BCUT2D eigenvalue weighted by molar-refractivity contribution is 5.95. The summed E-state index contributed by atoms with van der Waals surface area (Å²) in [4.78, 5) is 22.6. The number of hydrogen-bond acceptors (Lipinski definition) is 3. The molecule has 1 aromatic carbocycles. The summed E-state index contributed by atoms with van der Waals surface area (Å²) in [5.41, 5.74) is 1.41. The zero-order valence-corrected chi connectivity index (χ0v) is 10.8. The smallest absolute Gasteiger partial charge is 0.307 e. The number of hydrogen-bond donors (Lipinski definition) is 3. The van der Waals surface area contributed by atoms with Gasteiger partial charge in [-0.2, -0.15) is 0 Å². The summed E-state index contributed by atoms with van der Waals surface area (Å²) in [5.74, 6) is -0.553. The van der Waals surface area contributed by atoms with Crippen LogP contribution in [-0.2, 0) is 16.0 Å². The van der Waals surface area contributed by atoms with Crippen LogP contribution in [-0.4, -0.2) is 29.6 Å². The van der Waals surface area contributed by atoms with Gasteiger partial charge in [-0.05, 0) is 36.6 Å². The van der Waals surface area contributed by atoms with Gasteiger partial charge in [-0.15, -0.1) is 0 Å². The van der Waals surface area contributed by atoms with Crippen LogP contribution in [0.1, 0.15) is 18.9 Å². The molecule has 1 saturated heterocycles. The van der Waals surface area contributed by atoms with Gasteiger partial charge in [0, 0.05) is 5.69 Å². The van der Waals surface area contributed by atoms with Crippen molar-refractivity contribution in [1.29, 1.82) is 0 Å². The lowest BCUT2D eigenvalue weighted by Crippen LogP contribution is -2.39. The summed E-state index contributed by atoms with van der Waals surface area (Å²) in [6, 6.07) is 6.76. The first-order chi connectivity index (χ1) is 9.06. The van der Waals surface area contributed by atoms with Gasteiger partial charge in [0.05, 0.1) is 12.5 Å². The maximum absolute atomic E-state index is 12.0. The molecule has 0 aliphatic carbocycles. The van der Waals surface area contributed by atoms with Crippen molar-refractivity contribution >= 4 is 17.6 Å². The second-order valence-electron chi connectivity index (χ2n) is 4.95. The molecule has 0 aromatic heterocycles. The molecule has 5 nitrogen and oxygen atoms in total. The summed E-state index contributed by atoms with van der Waals surface area (Å²) in [6.07, 6.45) is 1.01. The van der Waals surface area contributed by atoms with E-state index >= 15 is 0 Å². The van der Waals surface area contributed by atoms with Gasteiger partial charge in [0.2, 0.25) is 5.91 Å². The lowest BCUT2D eigenvalue weighted by atomic mass is 10.0. The van der Waals surface area contributed by atoms with Gasteiger partial charge < -0.3 is 15.7 Å². The molecule has 1 aromatic rings. The van der Waals surface area contributed by atoms with E-state index in [2.05, 4.69) is 17.6 Å². The van der Waals surface area contributed by atoms with Crippen molar-refractivity contribution in [1.82, 2.24) is 5.32 Å². The molecule has 5 heteroatoms. The van der Waals surface area contributed by atoms with E-state index in [9.17, 15) is 9.59 Å². The highest BCUT2D eigenvalue weighted by Gasteiger charge is 2.29. The molecule has 1 fully saturated rings. The summed E-state index contributed by atoms with van der Waals surface area (Å²) in [6.45, 7) is 2.93. The Hall–Kier alpha value is -1.88. The van der Waals surface area contributed by atoms with E-state index in [0.717, 1.165) is 18.5 Å². The SMILES string of the molecule is CC1CCNC1C(=O)Nc1ccc(CC(=O)O)cc1. The number of amides is 1. The van der Waals surface area contributed by atoms with Gasteiger partial charge in [-0.3, -0.25) is 9.59 Å². The number of aliphatic carboxylic acids is 1. The largest absolute Gasteiger partial charge is 0.481 e. The zero-order chi connectivity index (χ0) is 13.8. The first kappa shape index (κ1) is 13.5. The van der Waals surface area contributed by atoms with E-state index in [0.29, 0.717) is 11.6 Å². The lowest BCUT2D eigenvalue weighted by molar-refractivity contribution is -0.136. The fourth-order valence-corrected chi connectivity index (χ4v) is 2.29. The molecule has 1 heterocycles. The fourth-order valence-electron chi connectivity index (χ4n) is 2.29. The highest BCUT2D eigenvalue weighted by atomic mass is 16.4. The average molecular weight is 262 g/mol. The molecule has 2 atom stereocenters. The Morgan fingerprint density at radius 1 is 1.37 bits per heavy atom. The Labute approximate surface area is 112 Å². The summed E-state index contributed by atoms with van der Waals surface area (Å²) in [5, 5.41) is 14.7. The second kappa shape index (κ2) is 5.84. The van der Waals surface area contributed by atoms with Crippen LogP contribution in [0.25, 0.3) is 0 Å². The predicted molar refractivity (Wildman–Crippen MR) is 72.0 cm³/mol. The van der Waals surface area contributed by atoms with Crippen molar-refractivity contribution in [3.8, 4) is 0 Å². The molecular formula is C14H18N2O3. The number of benzene rings is 1. The van der Waals surface area contributed by atoms with Gasteiger partial charge >= 0.3 is 5.97 Å². The quantitative estimate of drug-likeness (QED) is 0.763. The molecule has 2 rings (SSSR count). The lowest BCUT2D eigenvalue weighted by Gasteiger charge is -2.15. The van der Waals surface area contributed by atoms with Crippen LogP contribution in [0, 0.1) is 5.92 Å². The van der Waals surface area contributed by atoms with Gasteiger partial charge in [0.1, 0.15) is 0 Å². The van der Waals surface area contributed by atoms with Gasteiger partial charge in [0.15, 0.2) is 0 Å². The van der Waals surface area contributed by atoms with E-state index in [1.807, 2.05) is 0 Å². The first-order valence-corrected chi connectivity index (χ1v) is 6.41. The number of carboxylic acids is 1. The molecule has 1 aliphatic heterocycles. The predicted octanol–water partition coefficient (Wildman–Crippen LogP) is 1.25. The van der Waals surface area contributed by atoms with E-state index in [1.54, 1.807) is 24.3 Å². The minimum Gasteiger partial charge on any atom is -0.481 e. The van der Waals surface area contributed by atoms with Crippen LogP contribution in [0.5, 0.6) is 0 Å². The molecule has 1 amide bonds. The van der Waals surface area contributed by atoms with E-state index < -0.39 is 5.97 Å². The van der Waals surface area contributed by atoms with Gasteiger partial charge in [-0.1, -0.05) is 19.1 Å². The Morgan fingerprint density at radius 2 is 2.05 bits per heavy atom. The Kier molecular flexibility index (Phi) is 4.16. The third kappa shape index (κ3) is 3.54. The van der Waals surface area contributed by atoms with Crippen LogP contribution in [0.4, 0.5) is 5.69 Å². The molecule has 3 N–H and O–H groups in total. The third-order valence-corrected chi connectivity index (χ3v) is 3.39. The first-order valence-electron chi connectivity index (χ1n) is 6.41. The van der Waals surface area contributed by atoms with E-state index in [4.69, 9.17) is 5.11 Å². The minimum absolute atomic E-state index is 0.00452. The molecule has 2 unspecified atom stereocenters. The normalized spacial score (nSPS) is 22.2. The summed E-state index contributed by atoms with van der Waals surface area (Å²) >= 11 is 0. The highest BCUT2D eigenvalue weighted by Crippen LogP contribution is 2.17. The van der Waals surface area contributed by atoms with E-state index in [1.165, 1.54) is 0 Å². The zero-order valence-electron chi connectivity index (χ0n) is 10.8. The van der Waals surface area contributed by atoms with Crippen molar-refractivity contribution in [2.75, 3.05) is 11.9 Å². The standard InChI is InChI=1S/C14H18N2O3/c1-9-6-7-15-13(9)14(19)16-11-4-2-10(3-5-11)8-12(17)18/h2-5,9,13,15H,6-8H2,1H3,(H,16,19)(H,17,18). The Balaban J connectivity index is 1.95. The van der Waals surface area contributed by atoms with Gasteiger partial charge in [0.25, 0.3) is 0 Å². The molecule has 1 aliphatic rings. The van der Waals surface area contributed by atoms with Crippen LogP contribution in [0.3, 0.4) is 0 Å². The molecule has 19 heavy (non-hydrogen) atoms. The van der Waals surface area contributed by atoms with Gasteiger partial charge in [-0.25, -0.2) is 0 Å². The van der Waals surface area contributed by atoms with Crippen molar-refractivity contribution in [2.45, 2.75) is 25.8 Å². The van der Waals surface area contributed by atoms with Crippen molar-refractivity contribution in [2.24, 2.45) is 5.92 Å². The summed E-state index contributed by atoms with van der Waals surface area (Å²) < 4.78 is 0. The monoisotopic (exact) mass is 262 g/mol. The van der Waals surface area contributed by atoms with Crippen LogP contribution in [0.15, 0.2) is 24.3 Å². The number of carbonyl (C=O) groups is 2. The molecule has 0 bridgehead atoms. The number of rotatable bonds is 4. The van der Waals surface area contributed by atoms with Crippen molar-refractivity contribution in [3.05, 3.63) is 29.8 Å². The van der Waals surface area contributed by atoms with Crippen molar-refractivity contribution < 1.29 is 14.7 Å². The van der Waals surface area contributed by atoms with E-state index in [-0.39, 0.29) is 18.4 Å². The Bertz CT molecular complexity index is 470. The number of anilines is 1. The maximum atomic E-state index is 12.0. The third-order valence-electron chi connectivity index (χ3n) is 3.39. The molecule has 0 radical (unpaired) electrons. The number of carbonyl (C=O) groups excluding carboxylic acids is 1. The van der Waals surface area contributed by atoms with Crippen molar-refractivity contribution in [3.63, 3.8) is 0 Å².